The van der Waals surface area contributed by atoms with Crippen molar-refractivity contribution in [3.05, 3.63) is 35.9 Å². The molecule has 5 heteroatoms. The molecule has 132 valence electrons. The lowest BCUT2D eigenvalue weighted by Gasteiger charge is -2.31. The molecule has 0 amide bonds. The first-order chi connectivity index (χ1) is 11.8. The van der Waals surface area contributed by atoms with Gasteiger partial charge in [0.1, 0.15) is 0 Å². The summed E-state index contributed by atoms with van der Waals surface area (Å²) in [5.74, 6) is 1.33. The third-order valence-electron chi connectivity index (χ3n) is 4.85. The van der Waals surface area contributed by atoms with Gasteiger partial charge in [-0.2, -0.15) is 0 Å². The van der Waals surface area contributed by atoms with Gasteiger partial charge in [0.25, 0.3) is 0 Å². The summed E-state index contributed by atoms with van der Waals surface area (Å²) in [6.07, 6.45) is 2.97. The maximum absolute atomic E-state index is 9.78. The molecule has 1 aromatic carbocycles. The van der Waals surface area contributed by atoms with E-state index in [0.717, 1.165) is 51.5 Å². The molecule has 1 aromatic rings. The summed E-state index contributed by atoms with van der Waals surface area (Å²) in [6, 6.07) is 10.5. The van der Waals surface area contributed by atoms with Crippen LogP contribution in [0.3, 0.4) is 0 Å². The van der Waals surface area contributed by atoms with E-state index in [1.165, 1.54) is 5.56 Å². The number of ether oxygens (including phenoxy) is 1. The first-order valence-electron chi connectivity index (χ1n) is 9.15. The average Bonchev–Trinajstić information content (AvgIpc) is 3.06. The van der Waals surface area contributed by atoms with E-state index in [9.17, 15) is 5.11 Å². The minimum Gasteiger partial charge on any atom is -0.391 e. The Morgan fingerprint density at radius 2 is 2.17 bits per heavy atom. The Kier molecular flexibility index (Phi) is 6.10. The van der Waals surface area contributed by atoms with Crippen LogP contribution in [0.15, 0.2) is 35.3 Å². The highest BCUT2D eigenvalue weighted by Crippen LogP contribution is 2.33. The van der Waals surface area contributed by atoms with Crippen LogP contribution in [0.5, 0.6) is 0 Å². The summed E-state index contributed by atoms with van der Waals surface area (Å²) < 4.78 is 6.07. The Balaban J connectivity index is 1.69. The lowest BCUT2D eigenvalue weighted by molar-refractivity contribution is -0.0250. The third kappa shape index (κ3) is 4.28. The van der Waals surface area contributed by atoms with Crippen LogP contribution in [0.4, 0.5) is 0 Å². The van der Waals surface area contributed by atoms with Crippen molar-refractivity contribution in [2.45, 2.75) is 38.4 Å². The zero-order valence-corrected chi connectivity index (χ0v) is 14.5. The van der Waals surface area contributed by atoms with Gasteiger partial charge in [0.2, 0.25) is 0 Å². The van der Waals surface area contributed by atoms with Crippen molar-refractivity contribution in [1.29, 1.82) is 0 Å². The van der Waals surface area contributed by atoms with Crippen molar-refractivity contribution in [3.63, 3.8) is 0 Å². The molecule has 3 atom stereocenters. The van der Waals surface area contributed by atoms with Gasteiger partial charge in [-0.3, -0.25) is 4.99 Å². The number of likely N-dealkylation sites (tertiary alicyclic amines) is 1. The van der Waals surface area contributed by atoms with Gasteiger partial charge in [-0.15, -0.1) is 0 Å². The van der Waals surface area contributed by atoms with Gasteiger partial charge < -0.3 is 20.1 Å². The van der Waals surface area contributed by atoms with Gasteiger partial charge in [0.05, 0.1) is 12.2 Å². The van der Waals surface area contributed by atoms with Crippen molar-refractivity contribution >= 4 is 5.96 Å². The fourth-order valence-corrected chi connectivity index (χ4v) is 3.61. The highest BCUT2D eigenvalue weighted by atomic mass is 16.5. The molecule has 2 heterocycles. The van der Waals surface area contributed by atoms with Crippen LogP contribution in [0.25, 0.3) is 0 Å². The minimum atomic E-state index is -0.232. The number of guanidine groups is 1. The molecule has 0 spiro atoms. The molecule has 3 rings (SSSR count). The van der Waals surface area contributed by atoms with E-state index in [1.807, 2.05) is 6.07 Å². The normalized spacial score (nSPS) is 28.2. The molecule has 0 saturated carbocycles. The molecule has 0 aliphatic carbocycles. The van der Waals surface area contributed by atoms with Crippen LogP contribution in [0, 0.1) is 5.92 Å². The second kappa shape index (κ2) is 8.49. The summed E-state index contributed by atoms with van der Waals surface area (Å²) in [7, 11) is 0. The van der Waals surface area contributed by atoms with E-state index >= 15 is 0 Å². The molecule has 2 aliphatic rings. The summed E-state index contributed by atoms with van der Waals surface area (Å²) in [6.45, 7) is 6.06. The average molecular weight is 331 g/mol. The number of rotatable bonds is 4. The Bertz CT molecular complexity index is 535. The smallest absolute Gasteiger partial charge is 0.194 e. The van der Waals surface area contributed by atoms with E-state index in [1.54, 1.807) is 0 Å². The highest BCUT2D eigenvalue weighted by molar-refractivity contribution is 5.80. The number of aliphatic hydroxyl groups is 1. The molecule has 2 fully saturated rings. The molecule has 2 saturated heterocycles. The predicted octanol–water partition coefficient (Wildman–Crippen LogP) is 2.19. The van der Waals surface area contributed by atoms with E-state index < -0.39 is 0 Å². The molecular weight excluding hydrogens is 302 g/mol. The molecular formula is C19H29N3O2. The highest BCUT2D eigenvalue weighted by Gasteiger charge is 2.28. The first-order valence-corrected chi connectivity index (χ1v) is 9.15. The molecule has 2 aliphatic heterocycles. The van der Waals surface area contributed by atoms with Crippen LogP contribution >= 0.6 is 0 Å². The first kappa shape index (κ1) is 17.2. The van der Waals surface area contributed by atoms with Gasteiger partial charge in [0.15, 0.2) is 5.96 Å². The Labute approximate surface area is 144 Å². The quantitative estimate of drug-likeness (QED) is 0.656. The number of β-amino-alcohol motifs (C(OH)–C–C–N with tert-alkyl or cyclic N) is 1. The molecule has 5 nitrogen and oxygen atoms in total. The Morgan fingerprint density at radius 3 is 2.88 bits per heavy atom. The van der Waals surface area contributed by atoms with Crippen molar-refractivity contribution < 1.29 is 9.84 Å². The summed E-state index contributed by atoms with van der Waals surface area (Å²) >= 11 is 0. The number of aliphatic hydroxyl groups excluding tert-OH is 1. The molecule has 24 heavy (non-hydrogen) atoms. The van der Waals surface area contributed by atoms with Crippen LogP contribution in [0.1, 0.15) is 37.9 Å². The predicted molar refractivity (Wildman–Crippen MR) is 96.0 cm³/mol. The SMILES string of the molecule is CCNC(=NCC1CCCOC1c1ccccc1)N1CC[C@@H](O)C1. The fraction of sp³-hybridized carbons (Fsp3) is 0.632. The minimum absolute atomic E-state index is 0.135. The molecule has 0 aromatic heterocycles. The van der Waals surface area contributed by atoms with Gasteiger partial charge in [-0.05, 0) is 31.7 Å². The lowest BCUT2D eigenvalue weighted by atomic mass is 9.89. The zero-order valence-electron chi connectivity index (χ0n) is 14.5. The topological polar surface area (TPSA) is 57.1 Å². The van der Waals surface area contributed by atoms with Gasteiger partial charge in [-0.25, -0.2) is 0 Å². The molecule has 2 N–H and O–H groups in total. The van der Waals surface area contributed by atoms with Gasteiger partial charge in [-0.1, -0.05) is 30.3 Å². The molecule has 0 radical (unpaired) electrons. The summed E-state index contributed by atoms with van der Waals surface area (Å²) in [5, 5.41) is 13.1. The lowest BCUT2D eigenvalue weighted by Crippen LogP contribution is -2.41. The third-order valence-corrected chi connectivity index (χ3v) is 4.85. The van der Waals surface area contributed by atoms with E-state index in [4.69, 9.17) is 9.73 Å². The number of nitrogens with one attached hydrogen (secondary N) is 1. The summed E-state index contributed by atoms with van der Waals surface area (Å²) in [4.78, 5) is 7.03. The van der Waals surface area contributed by atoms with Crippen molar-refractivity contribution in [2.24, 2.45) is 10.9 Å². The molecule has 0 bridgehead atoms. The monoisotopic (exact) mass is 331 g/mol. The van der Waals surface area contributed by atoms with Crippen LogP contribution < -0.4 is 5.32 Å². The van der Waals surface area contributed by atoms with Crippen molar-refractivity contribution in [1.82, 2.24) is 10.2 Å². The number of hydrogen-bond acceptors (Lipinski definition) is 3. The maximum Gasteiger partial charge on any atom is 0.194 e. The van der Waals surface area contributed by atoms with E-state index in [-0.39, 0.29) is 12.2 Å². The van der Waals surface area contributed by atoms with Crippen molar-refractivity contribution in [3.8, 4) is 0 Å². The number of nitrogens with zero attached hydrogens (tertiary/aromatic N) is 2. The number of hydrogen-bond donors (Lipinski definition) is 2. The fourth-order valence-electron chi connectivity index (χ4n) is 3.61. The Hall–Kier alpha value is -1.59. The van der Waals surface area contributed by atoms with E-state index in [2.05, 4.69) is 41.4 Å². The number of aliphatic imine (C=N–C) groups is 1. The van der Waals surface area contributed by atoms with Crippen LogP contribution in [-0.4, -0.2) is 54.9 Å². The zero-order chi connectivity index (χ0) is 16.8. The molecule has 2 unspecified atom stereocenters. The van der Waals surface area contributed by atoms with Crippen LogP contribution in [0.2, 0.25) is 0 Å². The second-order valence-electron chi connectivity index (χ2n) is 6.69. The summed E-state index contributed by atoms with van der Waals surface area (Å²) in [5.41, 5.74) is 1.25. The largest absolute Gasteiger partial charge is 0.391 e. The Morgan fingerprint density at radius 1 is 1.33 bits per heavy atom. The standard InChI is InChI=1S/C19H29N3O2/c1-2-20-19(22-11-10-17(23)14-22)21-13-16-9-6-12-24-18(16)15-7-4-3-5-8-15/h3-5,7-8,16-18,23H,2,6,9-14H2,1H3,(H,20,21)/t16?,17-,18?/m1/s1. The second-order valence-corrected chi connectivity index (χ2v) is 6.69. The van der Waals surface area contributed by atoms with Crippen LogP contribution in [-0.2, 0) is 4.74 Å². The van der Waals surface area contributed by atoms with Gasteiger partial charge >= 0.3 is 0 Å². The van der Waals surface area contributed by atoms with E-state index in [0.29, 0.717) is 12.5 Å². The number of benzene rings is 1. The van der Waals surface area contributed by atoms with Gasteiger partial charge in [0, 0.05) is 38.7 Å². The van der Waals surface area contributed by atoms with Crippen molar-refractivity contribution in [2.75, 3.05) is 32.8 Å². The maximum atomic E-state index is 9.78.